The number of carbonyl (C=O) groups excluding carboxylic acids is 1. The number of rotatable bonds is 7. The van der Waals surface area contributed by atoms with E-state index in [0.717, 1.165) is 29.7 Å². The number of benzene rings is 2. The maximum Gasteiger partial charge on any atom is 0.231 e. The Bertz CT molecular complexity index is 926. The van der Waals surface area contributed by atoms with Gasteiger partial charge in [-0.2, -0.15) is 0 Å². The van der Waals surface area contributed by atoms with Crippen LogP contribution in [0.25, 0.3) is 0 Å². The number of carbonyl (C=O) groups is 1. The lowest BCUT2D eigenvalue weighted by Crippen LogP contribution is -2.32. The second-order valence-electron chi connectivity index (χ2n) is 7.07. The van der Waals surface area contributed by atoms with Crippen molar-refractivity contribution in [1.29, 1.82) is 0 Å². The maximum absolute atomic E-state index is 12.9. The number of Topliss-reactive ketones (excluding diaryl/α,β-unsaturated/α-hetero) is 1. The van der Waals surface area contributed by atoms with Gasteiger partial charge in [0.1, 0.15) is 17.3 Å². The molecular formula is C22H25NO6. The molecule has 0 aliphatic carbocycles. The standard InChI is InChI=1S/C22H25NO6/c1-25-16-5-4-13(18(11-16)26-2)8-15(24)10-17-20-14(6-7-23-17)9-19-21(22(20)27-3)29-12-28-19/h4-5,9,11,17,23H,6-8,10,12H2,1-3H3. The highest BCUT2D eigenvalue weighted by molar-refractivity contribution is 5.83. The second-order valence-corrected chi connectivity index (χ2v) is 7.07. The first-order valence-corrected chi connectivity index (χ1v) is 9.60. The molecule has 154 valence electrons. The predicted octanol–water partition coefficient (Wildman–Crippen LogP) is 2.83. The van der Waals surface area contributed by atoms with Gasteiger partial charge in [-0.05, 0) is 30.7 Å². The molecule has 0 amide bonds. The molecule has 0 aromatic heterocycles. The average molecular weight is 399 g/mol. The summed E-state index contributed by atoms with van der Waals surface area (Å²) in [6.45, 7) is 0.975. The van der Waals surface area contributed by atoms with Crippen molar-refractivity contribution in [3.63, 3.8) is 0 Å². The molecule has 1 unspecified atom stereocenters. The molecule has 7 heteroatoms. The summed E-state index contributed by atoms with van der Waals surface area (Å²) in [5, 5.41) is 3.46. The summed E-state index contributed by atoms with van der Waals surface area (Å²) in [7, 11) is 4.81. The highest BCUT2D eigenvalue weighted by Crippen LogP contribution is 2.48. The van der Waals surface area contributed by atoms with E-state index in [0.29, 0.717) is 35.2 Å². The lowest BCUT2D eigenvalue weighted by molar-refractivity contribution is -0.119. The Kier molecular flexibility index (Phi) is 5.49. The molecule has 2 aliphatic rings. The van der Waals surface area contributed by atoms with Gasteiger partial charge in [0.25, 0.3) is 0 Å². The van der Waals surface area contributed by atoms with Crippen LogP contribution in [0.5, 0.6) is 28.7 Å². The topological polar surface area (TPSA) is 75.3 Å². The molecule has 2 heterocycles. The molecule has 7 nitrogen and oxygen atoms in total. The van der Waals surface area contributed by atoms with Gasteiger partial charge in [-0.3, -0.25) is 4.79 Å². The van der Waals surface area contributed by atoms with Crippen molar-refractivity contribution in [1.82, 2.24) is 5.32 Å². The third kappa shape index (κ3) is 3.70. The zero-order chi connectivity index (χ0) is 20.4. The summed E-state index contributed by atoms with van der Waals surface area (Å²) in [6, 6.07) is 7.37. The van der Waals surface area contributed by atoms with Gasteiger partial charge < -0.3 is 29.0 Å². The first-order chi connectivity index (χ1) is 14.1. The maximum atomic E-state index is 12.9. The summed E-state index contributed by atoms with van der Waals surface area (Å²) < 4.78 is 27.4. The van der Waals surface area contributed by atoms with Crippen LogP contribution in [0, 0.1) is 0 Å². The van der Waals surface area contributed by atoms with Gasteiger partial charge in [0.2, 0.25) is 12.5 Å². The van der Waals surface area contributed by atoms with E-state index in [4.69, 9.17) is 23.7 Å². The molecule has 0 saturated carbocycles. The largest absolute Gasteiger partial charge is 0.497 e. The van der Waals surface area contributed by atoms with Crippen LogP contribution in [0.3, 0.4) is 0 Å². The highest BCUT2D eigenvalue weighted by Gasteiger charge is 2.32. The van der Waals surface area contributed by atoms with Crippen LogP contribution in [-0.2, 0) is 17.6 Å². The molecule has 0 saturated heterocycles. The Morgan fingerprint density at radius 2 is 2.00 bits per heavy atom. The van der Waals surface area contributed by atoms with Crippen molar-refractivity contribution in [2.24, 2.45) is 0 Å². The Balaban J connectivity index is 1.57. The minimum Gasteiger partial charge on any atom is -0.497 e. The van der Waals surface area contributed by atoms with Crippen LogP contribution in [0.4, 0.5) is 0 Å². The second kappa shape index (κ2) is 8.21. The van der Waals surface area contributed by atoms with Gasteiger partial charge in [0.05, 0.1) is 21.3 Å². The van der Waals surface area contributed by atoms with Gasteiger partial charge >= 0.3 is 0 Å². The third-order valence-corrected chi connectivity index (χ3v) is 5.39. The minimum absolute atomic E-state index is 0.110. The molecule has 0 bridgehead atoms. The van der Waals surface area contributed by atoms with Crippen molar-refractivity contribution in [2.75, 3.05) is 34.7 Å². The Labute approximate surface area is 169 Å². The molecule has 1 N–H and O–H groups in total. The zero-order valence-corrected chi connectivity index (χ0v) is 16.9. The van der Waals surface area contributed by atoms with Crippen molar-refractivity contribution in [3.8, 4) is 28.7 Å². The summed E-state index contributed by atoms with van der Waals surface area (Å²) in [4.78, 5) is 12.9. The number of hydrogen-bond donors (Lipinski definition) is 1. The quantitative estimate of drug-likeness (QED) is 0.767. The van der Waals surface area contributed by atoms with E-state index in [2.05, 4.69) is 5.32 Å². The Morgan fingerprint density at radius 1 is 1.14 bits per heavy atom. The predicted molar refractivity (Wildman–Crippen MR) is 106 cm³/mol. The van der Waals surface area contributed by atoms with Crippen molar-refractivity contribution in [2.45, 2.75) is 25.3 Å². The molecule has 2 aliphatic heterocycles. The molecule has 4 rings (SSSR count). The first kappa shape index (κ1) is 19.4. The van der Waals surface area contributed by atoms with E-state index in [9.17, 15) is 4.79 Å². The Morgan fingerprint density at radius 3 is 2.76 bits per heavy atom. The number of hydrogen-bond acceptors (Lipinski definition) is 7. The minimum atomic E-state index is -0.139. The number of ketones is 1. The van der Waals surface area contributed by atoms with Crippen LogP contribution < -0.4 is 29.0 Å². The summed E-state index contributed by atoms with van der Waals surface area (Å²) in [5.74, 6) is 3.43. The Hall–Kier alpha value is -2.93. The summed E-state index contributed by atoms with van der Waals surface area (Å²) in [5.41, 5.74) is 2.95. The van der Waals surface area contributed by atoms with Gasteiger partial charge in [-0.15, -0.1) is 0 Å². The number of fused-ring (bicyclic) bond motifs is 2. The molecule has 2 aromatic rings. The van der Waals surface area contributed by atoms with Gasteiger partial charge in [0, 0.05) is 36.1 Å². The van der Waals surface area contributed by atoms with E-state index in [1.54, 1.807) is 27.4 Å². The fraction of sp³-hybridized carbons (Fsp3) is 0.409. The normalized spacial score (nSPS) is 16.9. The van der Waals surface area contributed by atoms with Crippen molar-refractivity contribution < 1.29 is 28.5 Å². The number of nitrogens with one attached hydrogen (secondary N) is 1. The van der Waals surface area contributed by atoms with Crippen molar-refractivity contribution in [3.05, 3.63) is 41.0 Å². The number of ether oxygens (including phenoxy) is 5. The molecule has 29 heavy (non-hydrogen) atoms. The van der Waals surface area contributed by atoms with E-state index in [1.165, 1.54) is 0 Å². The fourth-order valence-corrected chi connectivity index (χ4v) is 4.04. The van der Waals surface area contributed by atoms with Gasteiger partial charge in [-0.25, -0.2) is 0 Å². The van der Waals surface area contributed by atoms with Crippen molar-refractivity contribution >= 4 is 5.78 Å². The molecule has 0 fully saturated rings. The fourth-order valence-electron chi connectivity index (χ4n) is 4.04. The summed E-state index contributed by atoms with van der Waals surface area (Å²) >= 11 is 0. The first-order valence-electron chi connectivity index (χ1n) is 9.60. The smallest absolute Gasteiger partial charge is 0.231 e. The van der Waals surface area contributed by atoms with Gasteiger partial charge in [0.15, 0.2) is 11.5 Å². The van der Waals surface area contributed by atoms with Crippen LogP contribution in [0.1, 0.15) is 29.2 Å². The van der Waals surface area contributed by atoms with Crippen LogP contribution in [0.15, 0.2) is 24.3 Å². The van der Waals surface area contributed by atoms with E-state index in [-0.39, 0.29) is 25.0 Å². The van der Waals surface area contributed by atoms with Crippen LogP contribution >= 0.6 is 0 Å². The SMILES string of the molecule is COc1ccc(CC(=O)CC2NCCc3cc4c(c(OC)c32)OCO4)c(OC)c1. The van der Waals surface area contributed by atoms with Crippen LogP contribution in [-0.4, -0.2) is 40.5 Å². The van der Waals surface area contributed by atoms with E-state index >= 15 is 0 Å². The third-order valence-electron chi connectivity index (χ3n) is 5.39. The van der Waals surface area contributed by atoms with E-state index < -0.39 is 0 Å². The molecule has 1 atom stereocenters. The summed E-state index contributed by atoms with van der Waals surface area (Å²) in [6.07, 6.45) is 1.48. The molecule has 2 aromatic carbocycles. The molecule has 0 spiro atoms. The molecule has 0 radical (unpaired) electrons. The molecular weight excluding hydrogens is 374 g/mol. The average Bonchev–Trinajstić information content (AvgIpc) is 3.20. The van der Waals surface area contributed by atoms with Crippen LogP contribution in [0.2, 0.25) is 0 Å². The van der Waals surface area contributed by atoms with E-state index in [1.807, 2.05) is 18.2 Å². The number of methoxy groups -OCH3 is 3. The highest BCUT2D eigenvalue weighted by atomic mass is 16.7. The zero-order valence-electron chi connectivity index (χ0n) is 16.9. The lowest BCUT2D eigenvalue weighted by atomic mass is 9.88. The lowest BCUT2D eigenvalue weighted by Gasteiger charge is -2.29. The monoisotopic (exact) mass is 399 g/mol. The van der Waals surface area contributed by atoms with Gasteiger partial charge in [-0.1, -0.05) is 6.07 Å².